The molecular weight excluding hydrogens is 220 g/mol. The predicted molar refractivity (Wildman–Crippen MR) is 65.2 cm³/mol. The van der Waals surface area contributed by atoms with Crippen molar-refractivity contribution in [3.8, 4) is 0 Å². The van der Waals surface area contributed by atoms with Gasteiger partial charge in [-0.2, -0.15) is 0 Å². The molecule has 0 aromatic heterocycles. The average molecular weight is 236 g/mol. The molecule has 1 heterocycles. The molecule has 1 aliphatic rings. The third-order valence-corrected chi connectivity index (χ3v) is 2.82. The highest BCUT2D eigenvalue weighted by atomic mass is 16.5. The second kappa shape index (κ2) is 5.05. The molecule has 1 aromatic rings. The first-order chi connectivity index (χ1) is 8.22. The normalized spacial score (nSPS) is 15.7. The fraction of sp³-hybridized carbons (Fsp3) is 0.417. The van der Waals surface area contributed by atoms with E-state index in [1.807, 2.05) is 6.07 Å². The van der Waals surface area contributed by atoms with Gasteiger partial charge < -0.3 is 20.1 Å². The van der Waals surface area contributed by atoms with Gasteiger partial charge in [-0.3, -0.25) is 0 Å². The summed E-state index contributed by atoms with van der Waals surface area (Å²) in [5, 5.41) is 0. The fourth-order valence-electron chi connectivity index (χ4n) is 1.86. The first-order valence-electron chi connectivity index (χ1n) is 5.53. The second-order valence-electron chi connectivity index (χ2n) is 3.86. The molecule has 2 rings (SSSR count). The van der Waals surface area contributed by atoms with Crippen molar-refractivity contribution >= 4 is 17.3 Å². The predicted octanol–water partition coefficient (Wildman–Crippen LogP) is 0.892. The molecule has 1 fully saturated rings. The molecule has 0 spiro atoms. The molecular formula is C12H16N2O3. The van der Waals surface area contributed by atoms with Gasteiger partial charge in [0.1, 0.15) is 0 Å². The zero-order valence-corrected chi connectivity index (χ0v) is 9.81. The summed E-state index contributed by atoms with van der Waals surface area (Å²) in [6.07, 6.45) is 0. The number of nitrogens with two attached hydrogens (primary N) is 1. The van der Waals surface area contributed by atoms with Gasteiger partial charge in [0.25, 0.3) is 0 Å². The number of nitrogen functional groups attached to an aromatic ring is 1. The van der Waals surface area contributed by atoms with Crippen molar-refractivity contribution in [2.45, 2.75) is 0 Å². The number of hydrogen-bond acceptors (Lipinski definition) is 5. The number of carbonyl (C=O) groups excluding carboxylic acids is 1. The van der Waals surface area contributed by atoms with Crippen LogP contribution in [-0.2, 0) is 9.47 Å². The molecule has 0 atom stereocenters. The lowest BCUT2D eigenvalue weighted by atomic mass is 10.1. The lowest BCUT2D eigenvalue weighted by Crippen LogP contribution is -2.36. The van der Waals surface area contributed by atoms with Gasteiger partial charge in [-0.05, 0) is 18.2 Å². The Kier molecular flexibility index (Phi) is 3.49. The van der Waals surface area contributed by atoms with E-state index in [1.54, 1.807) is 12.1 Å². The monoisotopic (exact) mass is 236 g/mol. The minimum Gasteiger partial charge on any atom is -0.465 e. The van der Waals surface area contributed by atoms with Crippen molar-refractivity contribution in [2.75, 3.05) is 44.0 Å². The first kappa shape index (κ1) is 11.7. The van der Waals surface area contributed by atoms with Crippen LogP contribution < -0.4 is 10.6 Å². The number of carbonyl (C=O) groups is 1. The number of esters is 1. The molecule has 5 nitrogen and oxygen atoms in total. The zero-order chi connectivity index (χ0) is 12.3. The molecule has 2 N–H and O–H groups in total. The molecule has 0 saturated carbocycles. The van der Waals surface area contributed by atoms with E-state index in [0.29, 0.717) is 11.3 Å². The van der Waals surface area contributed by atoms with Crippen LogP contribution >= 0.6 is 0 Å². The molecule has 1 saturated heterocycles. The zero-order valence-electron chi connectivity index (χ0n) is 9.81. The number of rotatable bonds is 2. The highest BCUT2D eigenvalue weighted by Gasteiger charge is 2.14. The van der Waals surface area contributed by atoms with Gasteiger partial charge in [0.05, 0.1) is 25.9 Å². The summed E-state index contributed by atoms with van der Waals surface area (Å²) < 4.78 is 9.93. The molecule has 92 valence electrons. The van der Waals surface area contributed by atoms with Crippen molar-refractivity contribution in [2.24, 2.45) is 0 Å². The highest BCUT2D eigenvalue weighted by molar-refractivity contribution is 5.95. The van der Waals surface area contributed by atoms with Crippen LogP contribution in [0.2, 0.25) is 0 Å². The Morgan fingerprint density at radius 1 is 1.41 bits per heavy atom. The number of hydrogen-bond donors (Lipinski definition) is 1. The minimum atomic E-state index is -0.406. The summed E-state index contributed by atoms with van der Waals surface area (Å²) in [7, 11) is 1.34. The van der Waals surface area contributed by atoms with Crippen molar-refractivity contribution in [3.63, 3.8) is 0 Å². The van der Waals surface area contributed by atoms with Crippen LogP contribution in [0, 0.1) is 0 Å². The van der Waals surface area contributed by atoms with Crippen LogP contribution in [0.25, 0.3) is 0 Å². The Morgan fingerprint density at radius 2 is 2.12 bits per heavy atom. The minimum absolute atomic E-state index is 0.406. The Bertz CT molecular complexity index is 414. The van der Waals surface area contributed by atoms with Gasteiger partial charge in [0, 0.05) is 24.5 Å². The highest BCUT2D eigenvalue weighted by Crippen LogP contribution is 2.22. The molecule has 1 aliphatic heterocycles. The summed E-state index contributed by atoms with van der Waals surface area (Å²) in [6.45, 7) is 3.13. The molecule has 0 aliphatic carbocycles. The SMILES string of the molecule is COC(=O)c1ccc(N2CCOCC2)cc1N. The third-order valence-electron chi connectivity index (χ3n) is 2.82. The van der Waals surface area contributed by atoms with Crippen molar-refractivity contribution < 1.29 is 14.3 Å². The van der Waals surface area contributed by atoms with Gasteiger partial charge >= 0.3 is 5.97 Å². The van der Waals surface area contributed by atoms with E-state index < -0.39 is 5.97 Å². The molecule has 1 aromatic carbocycles. The number of anilines is 2. The average Bonchev–Trinajstić information content (AvgIpc) is 2.39. The van der Waals surface area contributed by atoms with Gasteiger partial charge in [-0.25, -0.2) is 4.79 Å². The number of morpholine rings is 1. The first-order valence-corrected chi connectivity index (χ1v) is 5.53. The van der Waals surface area contributed by atoms with Gasteiger partial charge in [0.15, 0.2) is 0 Å². The Hall–Kier alpha value is -1.75. The summed E-state index contributed by atoms with van der Waals surface area (Å²) in [5.74, 6) is -0.406. The van der Waals surface area contributed by atoms with Crippen molar-refractivity contribution in [1.82, 2.24) is 0 Å². The maximum atomic E-state index is 11.4. The third kappa shape index (κ3) is 2.50. The lowest BCUT2D eigenvalue weighted by molar-refractivity contribution is 0.0602. The standard InChI is InChI=1S/C12H16N2O3/c1-16-12(15)10-3-2-9(8-11(10)13)14-4-6-17-7-5-14/h2-3,8H,4-7,13H2,1H3. The number of methoxy groups -OCH3 is 1. The smallest absolute Gasteiger partial charge is 0.339 e. The van der Waals surface area contributed by atoms with Crippen LogP contribution in [0.5, 0.6) is 0 Å². The lowest BCUT2D eigenvalue weighted by Gasteiger charge is -2.29. The number of ether oxygens (including phenoxy) is 2. The van der Waals surface area contributed by atoms with E-state index in [4.69, 9.17) is 10.5 Å². The largest absolute Gasteiger partial charge is 0.465 e. The maximum Gasteiger partial charge on any atom is 0.339 e. The summed E-state index contributed by atoms with van der Waals surface area (Å²) in [5.41, 5.74) is 7.71. The van der Waals surface area contributed by atoms with Gasteiger partial charge in [-0.15, -0.1) is 0 Å². The molecule has 0 radical (unpaired) electrons. The molecule has 0 amide bonds. The summed E-state index contributed by atoms with van der Waals surface area (Å²) in [6, 6.07) is 5.39. The molecule has 0 unspecified atom stereocenters. The maximum absolute atomic E-state index is 11.4. The van der Waals surface area contributed by atoms with E-state index in [-0.39, 0.29) is 0 Å². The Balaban J connectivity index is 2.20. The van der Waals surface area contributed by atoms with E-state index in [1.165, 1.54) is 7.11 Å². The van der Waals surface area contributed by atoms with E-state index >= 15 is 0 Å². The quantitative estimate of drug-likeness (QED) is 0.610. The summed E-state index contributed by atoms with van der Waals surface area (Å²) >= 11 is 0. The van der Waals surface area contributed by atoms with E-state index in [0.717, 1.165) is 32.0 Å². The number of nitrogens with zero attached hydrogens (tertiary/aromatic N) is 1. The fourth-order valence-corrected chi connectivity index (χ4v) is 1.86. The van der Waals surface area contributed by atoms with Gasteiger partial charge in [0.2, 0.25) is 0 Å². The van der Waals surface area contributed by atoms with Crippen LogP contribution in [-0.4, -0.2) is 39.4 Å². The Labute approximate surface area is 100 Å². The van der Waals surface area contributed by atoms with E-state index in [2.05, 4.69) is 9.64 Å². The molecule has 5 heteroatoms. The van der Waals surface area contributed by atoms with Crippen LogP contribution in [0.15, 0.2) is 18.2 Å². The second-order valence-corrected chi connectivity index (χ2v) is 3.86. The van der Waals surface area contributed by atoms with E-state index in [9.17, 15) is 4.79 Å². The Morgan fingerprint density at radius 3 is 2.71 bits per heavy atom. The van der Waals surface area contributed by atoms with Crippen LogP contribution in [0.4, 0.5) is 11.4 Å². The number of benzene rings is 1. The molecule has 17 heavy (non-hydrogen) atoms. The van der Waals surface area contributed by atoms with Crippen molar-refractivity contribution in [3.05, 3.63) is 23.8 Å². The molecule has 0 bridgehead atoms. The van der Waals surface area contributed by atoms with Crippen molar-refractivity contribution in [1.29, 1.82) is 0 Å². The topological polar surface area (TPSA) is 64.8 Å². The van der Waals surface area contributed by atoms with Crippen LogP contribution in [0.3, 0.4) is 0 Å². The van der Waals surface area contributed by atoms with Gasteiger partial charge in [-0.1, -0.05) is 0 Å². The van der Waals surface area contributed by atoms with Crippen LogP contribution in [0.1, 0.15) is 10.4 Å². The summed E-state index contributed by atoms with van der Waals surface area (Å²) in [4.78, 5) is 13.6.